The van der Waals surface area contributed by atoms with Gasteiger partial charge in [0.05, 0.1) is 11.2 Å². The molecule has 5 nitrogen and oxygen atoms in total. The molecular weight excluding hydrogens is 410 g/mol. The normalized spacial score (nSPS) is 11.2. The number of hydrogen-bond donors (Lipinski definition) is 1. The van der Waals surface area contributed by atoms with E-state index in [0.29, 0.717) is 23.0 Å². The van der Waals surface area contributed by atoms with E-state index in [0.717, 1.165) is 27.6 Å². The highest BCUT2D eigenvalue weighted by Gasteiger charge is 2.15. The Morgan fingerprint density at radius 2 is 1.36 bits per heavy atom. The van der Waals surface area contributed by atoms with Gasteiger partial charge in [-0.05, 0) is 42.5 Å². The third-order valence-corrected chi connectivity index (χ3v) is 5.62. The van der Waals surface area contributed by atoms with Gasteiger partial charge in [0.15, 0.2) is 0 Å². The van der Waals surface area contributed by atoms with Crippen LogP contribution in [0, 0.1) is 0 Å². The molecule has 0 aliphatic heterocycles. The van der Waals surface area contributed by atoms with Crippen LogP contribution in [0.2, 0.25) is 0 Å². The standard InChI is InChI=1S/C28H19N3O2/c32-25-15-7-5-12-22(25)23-13-8-16-26(29-23)33-27-18-17-21-20-11-4-6-14-24(20)31(28(21)30-27)19-9-2-1-3-10-19/h1-18,32H. The molecule has 0 atom stereocenters. The molecule has 0 saturated carbocycles. The molecule has 3 aromatic carbocycles. The Bertz CT molecular complexity index is 1610. The molecule has 0 spiro atoms. The van der Waals surface area contributed by atoms with Gasteiger partial charge < -0.3 is 9.84 Å². The van der Waals surface area contributed by atoms with Gasteiger partial charge in [-0.15, -0.1) is 0 Å². The molecule has 0 bridgehead atoms. The lowest BCUT2D eigenvalue weighted by atomic mass is 10.1. The number of rotatable bonds is 4. The van der Waals surface area contributed by atoms with E-state index in [1.807, 2.05) is 66.7 Å². The summed E-state index contributed by atoms with van der Waals surface area (Å²) in [5.74, 6) is 1.03. The predicted octanol–water partition coefficient (Wildman–Crippen LogP) is 6.74. The van der Waals surface area contributed by atoms with Crippen LogP contribution in [0.25, 0.3) is 38.9 Å². The Morgan fingerprint density at radius 3 is 2.24 bits per heavy atom. The third kappa shape index (κ3) is 3.36. The Kier molecular flexibility index (Phi) is 4.51. The zero-order valence-electron chi connectivity index (χ0n) is 17.6. The molecule has 5 heteroatoms. The zero-order valence-corrected chi connectivity index (χ0v) is 17.6. The fourth-order valence-corrected chi connectivity index (χ4v) is 4.14. The summed E-state index contributed by atoms with van der Waals surface area (Å²) in [6.45, 7) is 0. The molecule has 0 aliphatic carbocycles. The van der Waals surface area contributed by atoms with Gasteiger partial charge in [0.2, 0.25) is 11.8 Å². The molecule has 6 rings (SSSR count). The van der Waals surface area contributed by atoms with Crippen molar-refractivity contribution in [2.45, 2.75) is 0 Å². The number of hydrogen-bond acceptors (Lipinski definition) is 4. The van der Waals surface area contributed by atoms with Gasteiger partial charge in [-0.3, -0.25) is 4.57 Å². The van der Waals surface area contributed by atoms with Crippen LogP contribution in [-0.2, 0) is 0 Å². The van der Waals surface area contributed by atoms with Crippen molar-refractivity contribution in [3.05, 3.63) is 109 Å². The largest absolute Gasteiger partial charge is 0.507 e. The fraction of sp³-hybridized carbons (Fsp3) is 0. The molecule has 0 radical (unpaired) electrons. The average molecular weight is 429 g/mol. The maximum atomic E-state index is 10.2. The van der Waals surface area contributed by atoms with E-state index in [2.05, 4.69) is 33.8 Å². The third-order valence-electron chi connectivity index (χ3n) is 5.62. The maximum Gasteiger partial charge on any atom is 0.223 e. The van der Waals surface area contributed by atoms with Gasteiger partial charge in [-0.2, -0.15) is 4.98 Å². The molecule has 3 heterocycles. The van der Waals surface area contributed by atoms with Crippen LogP contribution >= 0.6 is 0 Å². The zero-order chi connectivity index (χ0) is 22.2. The number of nitrogens with zero attached hydrogens (tertiary/aromatic N) is 3. The van der Waals surface area contributed by atoms with E-state index in [9.17, 15) is 5.11 Å². The summed E-state index contributed by atoms with van der Waals surface area (Å²) >= 11 is 0. The molecular formula is C28H19N3O2. The highest BCUT2D eigenvalue weighted by atomic mass is 16.5. The van der Waals surface area contributed by atoms with E-state index >= 15 is 0 Å². The number of pyridine rings is 2. The van der Waals surface area contributed by atoms with E-state index in [4.69, 9.17) is 9.72 Å². The minimum Gasteiger partial charge on any atom is -0.507 e. The topological polar surface area (TPSA) is 60.2 Å². The van der Waals surface area contributed by atoms with E-state index < -0.39 is 0 Å². The minimum absolute atomic E-state index is 0.175. The van der Waals surface area contributed by atoms with Crippen LogP contribution in [0.4, 0.5) is 0 Å². The molecule has 0 aliphatic rings. The molecule has 1 N–H and O–H groups in total. The first-order valence-electron chi connectivity index (χ1n) is 10.7. The lowest BCUT2D eigenvalue weighted by Crippen LogP contribution is -1.97. The lowest BCUT2D eigenvalue weighted by molar-refractivity contribution is 0.446. The number of phenolic OH excluding ortho intramolecular Hbond substituents is 1. The van der Waals surface area contributed by atoms with Crippen molar-refractivity contribution < 1.29 is 9.84 Å². The van der Waals surface area contributed by atoms with Crippen LogP contribution < -0.4 is 4.74 Å². The van der Waals surface area contributed by atoms with Crippen molar-refractivity contribution in [2.75, 3.05) is 0 Å². The van der Waals surface area contributed by atoms with Crippen molar-refractivity contribution >= 4 is 21.9 Å². The van der Waals surface area contributed by atoms with E-state index in [-0.39, 0.29) is 5.75 Å². The van der Waals surface area contributed by atoms with Crippen LogP contribution in [0.15, 0.2) is 109 Å². The van der Waals surface area contributed by atoms with Gasteiger partial charge in [0.25, 0.3) is 0 Å². The van der Waals surface area contributed by atoms with Gasteiger partial charge in [0.1, 0.15) is 11.4 Å². The summed E-state index contributed by atoms with van der Waals surface area (Å²) < 4.78 is 8.20. The average Bonchev–Trinajstić information content (AvgIpc) is 3.19. The fourth-order valence-electron chi connectivity index (χ4n) is 4.14. The SMILES string of the molecule is Oc1ccccc1-c1cccc(Oc2ccc3c4ccccc4n(-c4ccccc4)c3n2)n1. The van der Waals surface area contributed by atoms with E-state index in [1.54, 1.807) is 18.2 Å². The van der Waals surface area contributed by atoms with Crippen molar-refractivity contribution in [3.63, 3.8) is 0 Å². The smallest absolute Gasteiger partial charge is 0.223 e. The minimum atomic E-state index is 0.175. The van der Waals surface area contributed by atoms with Crippen LogP contribution in [0.3, 0.4) is 0 Å². The van der Waals surface area contributed by atoms with Crippen molar-refractivity contribution in [3.8, 4) is 34.5 Å². The molecule has 0 unspecified atom stereocenters. The number of ether oxygens (including phenoxy) is 1. The maximum absolute atomic E-state index is 10.2. The Hall–Kier alpha value is -4.64. The lowest BCUT2D eigenvalue weighted by Gasteiger charge is -2.09. The first kappa shape index (κ1) is 19.1. The van der Waals surface area contributed by atoms with Gasteiger partial charge >= 0.3 is 0 Å². The summed E-state index contributed by atoms with van der Waals surface area (Å²) in [7, 11) is 0. The number of aromatic nitrogens is 3. The highest BCUT2D eigenvalue weighted by Crippen LogP contribution is 2.33. The summed E-state index contributed by atoms with van der Waals surface area (Å²) in [5.41, 5.74) is 4.22. The summed E-state index contributed by atoms with van der Waals surface area (Å²) in [4.78, 5) is 9.43. The Morgan fingerprint density at radius 1 is 0.606 bits per heavy atom. The molecule has 0 fully saturated rings. The molecule has 6 aromatic rings. The van der Waals surface area contributed by atoms with Gasteiger partial charge in [-0.25, -0.2) is 4.98 Å². The highest BCUT2D eigenvalue weighted by molar-refractivity contribution is 6.07. The molecule has 158 valence electrons. The van der Waals surface area contributed by atoms with E-state index in [1.165, 1.54) is 0 Å². The second-order valence-electron chi connectivity index (χ2n) is 7.69. The molecule has 0 amide bonds. The predicted molar refractivity (Wildman–Crippen MR) is 130 cm³/mol. The molecule has 3 aromatic heterocycles. The summed E-state index contributed by atoms with van der Waals surface area (Å²) in [6.07, 6.45) is 0. The number of phenols is 1. The Balaban J connectivity index is 1.46. The first-order chi connectivity index (χ1) is 16.3. The monoisotopic (exact) mass is 429 g/mol. The molecule has 33 heavy (non-hydrogen) atoms. The van der Waals surface area contributed by atoms with Crippen molar-refractivity contribution in [2.24, 2.45) is 0 Å². The number of para-hydroxylation sites is 3. The first-order valence-corrected chi connectivity index (χ1v) is 10.7. The van der Waals surface area contributed by atoms with Crippen molar-refractivity contribution in [1.29, 1.82) is 0 Å². The van der Waals surface area contributed by atoms with Gasteiger partial charge in [0, 0.05) is 34.2 Å². The second kappa shape index (κ2) is 7.80. The number of aromatic hydroxyl groups is 1. The number of benzene rings is 3. The molecule has 0 saturated heterocycles. The van der Waals surface area contributed by atoms with Crippen LogP contribution in [-0.4, -0.2) is 19.6 Å². The van der Waals surface area contributed by atoms with Crippen molar-refractivity contribution in [1.82, 2.24) is 14.5 Å². The number of fused-ring (bicyclic) bond motifs is 3. The van der Waals surface area contributed by atoms with Crippen LogP contribution in [0.5, 0.6) is 17.5 Å². The van der Waals surface area contributed by atoms with Gasteiger partial charge in [-0.1, -0.05) is 54.6 Å². The Labute approximate surface area is 190 Å². The summed E-state index contributed by atoms with van der Waals surface area (Å²) in [6, 6.07) is 34.9. The summed E-state index contributed by atoms with van der Waals surface area (Å²) in [5, 5.41) is 12.4. The van der Waals surface area contributed by atoms with Crippen LogP contribution in [0.1, 0.15) is 0 Å². The second-order valence-corrected chi connectivity index (χ2v) is 7.69. The quantitative estimate of drug-likeness (QED) is 0.337.